The molecular formula is C15H26O2. The molecule has 1 aliphatic carbocycles. The third-order valence-corrected chi connectivity index (χ3v) is 4.54. The summed E-state index contributed by atoms with van der Waals surface area (Å²) < 4.78 is 5.44. The molecule has 1 N–H and O–H groups in total. The summed E-state index contributed by atoms with van der Waals surface area (Å²) in [5.41, 5.74) is 0.542. The molecule has 0 aromatic rings. The Morgan fingerprint density at radius 3 is 2.76 bits per heavy atom. The highest BCUT2D eigenvalue weighted by Gasteiger charge is 2.45. The Bertz CT molecular complexity index is 295. The van der Waals surface area contributed by atoms with Crippen LogP contribution in [0.5, 0.6) is 0 Å². The molecule has 3 atom stereocenters. The highest BCUT2D eigenvalue weighted by atomic mass is 16.5. The van der Waals surface area contributed by atoms with E-state index in [4.69, 9.17) is 4.74 Å². The normalized spacial score (nSPS) is 38.8. The summed E-state index contributed by atoms with van der Waals surface area (Å²) in [6.07, 6.45) is 7.20. The van der Waals surface area contributed by atoms with Gasteiger partial charge in [-0.05, 0) is 49.0 Å². The molecule has 0 aromatic heterocycles. The predicted molar refractivity (Wildman–Crippen MR) is 69.6 cm³/mol. The van der Waals surface area contributed by atoms with E-state index in [-0.39, 0.29) is 0 Å². The van der Waals surface area contributed by atoms with E-state index in [1.807, 2.05) is 6.26 Å². The largest absolute Gasteiger partial charge is 0.501 e. The van der Waals surface area contributed by atoms with Gasteiger partial charge in [0, 0.05) is 0 Å². The lowest BCUT2D eigenvalue weighted by atomic mass is 9.63. The van der Waals surface area contributed by atoms with Gasteiger partial charge in [0.05, 0.1) is 18.5 Å². The van der Waals surface area contributed by atoms with Crippen LogP contribution in [0.4, 0.5) is 0 Å². The second-order valence-electron chi connectivity index (χ2n) is 6.28. The fourth-order valence-corrected chi connectivity index (χ4v) is 3.62. The number of aliphatic hydroxyl groups is 1. The van der Waals surface area contributed by atoms with Gasteiger partial charge in [0.25, 0.3) is 0 Å². The minimum absolute atomic E-state index is 0.395. The molecule has 1 aliphatic heterocycles. The zero-order valence-corrected chi connectivity index (χ0v) is 11.4. The molecule has 2 rings (SSSR count). The molecule has 0 amide bonds. The molecule has 2 aliphatic rings. The van der Waals surface area contributed by atoms with E-state index in [2.05, 4.69) is 20.8 Å². The first-order valence-electron chi connectivity index (χ1n) is 7.07. The summed E-state index contributed by atoms with van der Waals surface area (Å²) in [6.45, 7) is 7.53. The molecule has 17 heavy (non-hydrogen) atoms. The van der Waals surface area contributed by atoms with E-state index in [0.29, 0.717) is 17.8 Å². The van der Waals surface area contributed by atoms with E-state index in [9.17, 15) is 5.11 Å². The van der Waals surface area contributed by atoms with Gasteiger partial charge in [-0.3, -0.25) is 0 Å². The Kier molecular flexibility index (Phi) is 3.82. The lowest BCUT2D eigenvalue weighted by molar-refractivity contribution is -0.0571. The molecule has 1 saturated carbocycles. The van der Waals surface area contributed by atoms with Crippen molar-refractivity contribution in [2.45, 2.75) is 58.5 Å². The fourth-order valence-electron chi connectivity index (χ4n) is 3.62. The molecule has 1 heterocycles. The third-order valence-electron chi connectivity index (χ3n) is 4.54. The van der Waals surface area contributed by atoms with E-state index in [1.54, 1.807) is 0 Å². The van der Waals surface area contributed by atoms with Crippen LogP contribution in [0.2, 0.25) is 0 Å². The third kappa shape index (κ3) is 2.52. The van der Waals surface area contributed by atoms with Gasteiger partial charge < -0.3 is 9.84 Å². The summed E-state index contributed by atoms with van der Waals surface area (Å²) in [7, 11) is 0. The molecule has 2 nitrogen and oxygen atoms in total. The van der Waals surface area contributed by atoms with Gasteiger partial charge in [0.15, 0.2) is 0 Å². The summed E-state index contributed by atoms with van der Waals surface area (Å²) in [6, 6.07) is 0. The first-order valence-corrected chi connectivity index (χ1v) is 7.07. The van der Waals surface area contributed by atoms with E-state index in [1.165, 1.54) is 6.42 Å². The minimum Gasteiger partial charge on any atom is -0.501 e. The molecule has 0 spiro atoms. The predicted octanol–water partition coefficient (Wildman–Crippen LogP) is 3.50. The first-order chi connectivity index (χ1) is 8.04. The zero-order chi connectivity index (χ0) is 12.5. The first kappa shape index (κ1) is 12.9. The maximum Gasteiger partial charge on any atom is 0.0922 e. The van der Waals surface area contributed by atoms with E-state index < -0.39 is 5.60 Å². The summed E-state index contributed by atoms with van der Waals surface area (Å²) in [4.78, 5) is 0. The van der Waals surface area contributed by atoms with Crippen LogP contribution < -0.4 is 0 Å². The van der Waals surface area contributed by atoms with Crippen molar-refractivity contribution in [3.8, 4) is 0 Å². The van der Waals surface area contributed by atoms with Gasteiger partial charge in [-0.25, -0.2) is 0 Å². The molecule has 2 heteroatoms. The van der Waals surface area contributed by atoms with Crippen LogP contribution in [0.3, 0.4) is 0 Å². The summed E-state index contributed by atoms with van der Waals surface area (Å²) in [5.74, 6) is 1.56. The Morgan fingerprint density at radius 2 is 2.18 bits per heavy atom. The maximum atomic E-state index is 11.1. The Hall–Kier alpha value is -0.500. The van der Waals surface area contributed by atoms with Gasteiger partial charge >= 0.3 is 0 Å². The Labute approximate surface area is 105 Å². The number of hydrogen-bond acceptors (Lipinski definition) is 2. The number of ether oxygens (including phenoxy) is 1. The smallest absolute Gasteiger partial charge is 0.0922 e. The van der Waals surface area contributed by atoms with Crippen molar-refractivity contribution in [3.63, 3.8) is 0 Å². The highest BCUT2D eigenvalue weighted by Crippen LogP contribution is 2.46. The van der Waals surface area contributed by atoms with Crippen LogP contribution >= 0.6 is 0 Å². The van der Waals surface area contributed by atoms with Gasteiger partial charge in [-0.2, -0.15) is 0 Å². The SMILES string of the molecule is CC1CCC(C(C)C)C(O)(C2=COCCC2)C1. The van der Waals surface area contributed by atoms with Crippen LogP contribution in [0.15, 0.2) is 11.8 Å². The van der Waals surface area contributed by atoms with Crippen molar-refractivity contribution in [1.29, 1.82) is 0 Å². The zero-order valence-electron chi connectivity index (χ0n) is 11.4. The molecule has 0 saturated heterocycles. The molecule has 3 unspecified atom stereocenters. The average Bonchev–Trinajstić information content (AvgIpc) is 2.29. The lowest BCUT2D eigenvalue weighted by Crippen LogP contribution is -2.47. The van der Waals surface area contributed by atoms with Gasteiger partial charge in [0.2, 0.25) is 0 Å². The fraction of sp³-hybridized carbons (Fsp3) is 0.867. The summed E-state index contributed by atoms with van der Waals surface area (Å²) >= 11 is 0. The van der Waals surface area contributed by atoms with Crippen molar-refractivity contribution < 1.29 is 9.84 Å². The Balaban J connectivity index is 2.24. The molecular weight excluding hydrogens is 212 g/mol. The molecule has 98 valence electrons. The average molecular weight is 238 g/mol. The Morgan fingerprint density at radius 1 is 1.41 bits per heavy atom. The highest BCUT2D eigenvalue weighted by molar-refractivity contribution is 5.20. The lowest BCUT2D eigenvalue weighted by Gasteiger charge is -2.46. The standard InChI is InChI=1S/C15H26O2/c1-11(2)14-7-6-12(3)9-15(14,16)13-5-4-8-17-10-13/h10-12,14,16H,4-9H2,1-3H3. The van der Waals surface area contributed by atoms with Crippen LogP contribution in [0, 0.1) is 17.8 Å². The van der Waals surface area contributed by atoms with Gasteiger partial charge in [0.1, 0.15) is 0 Å². The second-order valence-corrected chi connectivity index (χ2v) is 6.28. The van der Waals surface area contributed by atoms with Crippen LogP contribution in [-0.2, 0) is 4.74 Å². The van der Waals surface area contributed by atoms with Crippen LogP contribution in [-0.4, -0.2) is 17.3 Å². The molecule has 0 aromatic carbocycles. The van der Waals surface area contributed by atoms with Crippen molar-refractivity contribution in [3.05, 3.63) is 11.8 Å². The maximum absolute atomic E-state index is 11.1. The second kappa shape index (κ2) is 5.01. The van der Waals surface area contributed by atoms with Crippen molar-refractivity contribution in [2.75, 3.05) is 6.61 Å². The quantitative estimate of drug-likeness (QED) is 0.797. The summed E-state index contributed by atoms with van der Waals surface area (Å²) in [5, 5.41) is 11.1. The minimum atomic E-state index is -0.605. The van der Waals surface area contributed by atoms with Crippen molar-refractivity contribution >= 4 is 0 Å². The van der Waals surface area contributed by atoms with Crippen LogP contribution in [0.25, 0.3) is 0 Å². The number of hydrogen-bond donors (Lipinski definition) is 1. The van der Waals surface area contributed by atoms with Crippen LogP contribution in [0.1, 0.15) is 52.9 Å². The van der Waals surface area contributed by atoms with Gasteiger partial charge in [-0.1, -0.05) is 27.2 Å². The molecule has 0 radical (unpaired) electrons. The molecule has 1 fully saturated rings. The van der Waals surface area contributed by atoms with Crippen molar-refractivity contribution in [1.82, 2.24) is 0 Å². The van der Waals surface area contributed by atoms with Gasteiger partial charge in [-0.15, -0.1) is 0 Å². The molecule has 0 bridgehead atoms. The topological polar surface area (TPSA) is 29.5 Å². The van der Waals surface area contributed by atoms with E-state index in [0.717, 1.165) is 37.9 Å². The van der Waals surface area contributed by atoms with E-state index >= 15 is 0 Å². The monoisotopic (exact) mass is 238 g/mol. The number of rotatable bonds is 2. The van der Waals surface area contributed by atoms with Crippen molar-refractivity contribution in [2.24, 2.45) is 17.8 Å².